The minimum absolute atomic E-state index is 0.255. The van der Waals surface area contributed by atoms with Crippen LogP contribution in [0, 0.1) is 0 Å². The summed E-state index contributed by atoms with van der Waals surface area (Å²) in [6.45, 7) is 8.07. The minimum Gasteiger partial charge on any atom is -0.359 e. The van der Waals surface area contributed by atoms with E-state index in [1.54, 1.807) is 6.07 Å². The molecule has 0 atom stereocenters. The predicted molar refractivity (Wildman–Crippen MR) is 150 cm³/mol. The summed E-state index contributed by atoms with van der Waals surface area (Å²) in [5, 5.41) is 20.9. The molecule has 1 aliphatic carbocycles. The Morgan fingerprint density at radius 3 is 2.67 bits per heavy atom. The minimum atomic E-state index is -0.255. The molecule has 0 bridgehead atoms. The van der Waals surface area contributed by atoms with E-state index in [1.807, 2.05) is 42.5 Å². The van der Waals surface area contributed by atoms with Gasteiger partial charge in [-0.25, -0.2) is 4.98 Å². The van der Waals surface area contributed by atoms with Gasteiger partial charge in [-0.2, -0.15) is 10.1 Å². The number of anilines is 3. The van der Waals surface area contributed by atoms with Gasteiger partial charge in [-0.3, -0.25) is 9.89 Å². The predicted octanol–water partition coefficient (Wildman–Crippen LogP) is 4.55. The van der Waals surface area contributed by atoms with Gasteiger partial charge in [0.05, 0.1) is 6.54 Å². The molecule has 1 fully saturated rings. The van der Waals surface area contributed by atoms with E-state index in [4.69, 9.17) is 4.52 Å². The lowest BCUT2D eigenvalue weighted by Crippen LogP contribution is -2.30. The van der Waals surface area contributed by atoms with E-state index < -0.39 is 0 Å². The molecule has 0 unspecified atom stereocenters. The van der Waals surface area contributed by atoms with Crippen molar-refractivity contribution in [2.75, 3.05) is 36.8 Å². The highest BCUT2D eigenvalue weighted by molar-refractivity contribution is 5.93. The Kier molecular flexibility index (Phi) is 8.47. The van der Waals surface area contributed by atoms with Crippen LogP contribution < -0.4 is 16.0 Å². The Bertz CT molecular complexity index is 1360. The van der Waals surface area contributed by atoms with Crippen molar-refractivity contribution in [1.29, 1.82) is 0 Å². The number of aromatic nitrogens is 5. The van der Waals surface area contributed by atoms with Crippen molar-refractivity contribution in [3.8, 4) is 11.3 Å². The molecule has 4 N–H and O–H groups in total. The maximum atomic E-state index is 13.0. The Labute approximate surface area is 227 Å². The van der Waals surface area contributed by atoms with Crippen molar-refractivity contribution < 1.29 is 9.32 Å². The first-order valence-corrected chi connectivity index (χ1v) is 13.6. The second-order valence-corrected chi connectivity index (χ2v) is 9.60. The fraction of sp³-hybridized carbons (Fsp3) is 0.393. The van der Waals surface area contributed by atoms with E-state index in [1.165, 1.54) is 12.8 Å². The average Bonchev–Trinajstić information content (AvgIpc) is 3.52. The second-order valence-electron chi connectivity index (χ2n) is 9.60. The van der Waals surface area contributed by atoms with E-state index in [9.17, 15) is 4.79 Å². The van der Waals surface area contributed by atoms with Crippen LogP contribution in [0.4, 0.5) is 17.6 Å². The molecular weight excluding hydrogens is 494 g/mol. The van der Waals surface area contributed by atoms with Crippen LogP contribution in [-0.2, 0) is 6.54 Å². The summed E-state index contributed by atoms with van der Waals surface area (Å²) in [6, 6.07) is 15.3. The smallest absolute Gasteiger partial charge is 0.270 e. The lowest BCUT2D eigenvalue weighted by Gasteiger charge is -2.17. The van der Waals surface area contributed by atoms with Gasteiger partial charge in [0.2, 0.25) is 5.95 Å². The number of hydrogen-bond donors (Lipinski definition) is 4. The molecule has 4 aromatic rings. The standard InChI is InChI=1S/C28H35N9O2/c1-3-37(4-2)14-8-13-29-27(38)24-17-25(32-26-16-22(34-35-26)20-11-12-20)33-28(31-24)30-18-21-15-23(36-39-21)19-9-6-5-7-10-19/h5-7,9-10,15-17,20H,3-4,8,11-14,18H2,1-2H3,(H,29,38)(H3,30,31,32,33,34,35). The third-order valence-corrected chi connectivity index (χ3v) is 6.71. The molecule has 5 rings (SSSR count). The number of hydrogen-bond acceptors (Lipinski definition) is 9. The van der Waals surface area contributed by atoms with Gasteiger partial charge in [0.15, 0.2) is 11.6 Å². The molecule has 1 aromatic carbocycles. The van der Waals surface area contributed by atoms with Crippen LogP contribution in [0.5, 0.6) is 0 Å². The number of nitrogens with one attached hydrogen (secondary N) is 4. The molecule has 11 heteroatoms. The molecule has 0 saturated heterocycles. The zero-order valence-corrected chi connectivity index (χ0v) is 22.4. The van der Waals surface area contributed by atoms with Crippen molar-refractivity contribution in [1.82, 2.24) is 35.5 Å². The van der Waals surface area contributed by atoms with Gasteiger partial charge in [-0.05, 0) is 38.9 Å². The first-order chi connectivity index (χ1) is 19.1. The highest BCUT2D eigenvalue weighted by atomic mass is 16.5. The molecule has 204 valence electrons. The lowest BCUT2D eigenvalue weighted by molar-refractivity contribution is 0.0947. The number of rotatable bonds is 14. The first-order valence-electron chi connectivity index (χ1n) is 13.6. The summed E-state index contributed by atoms with van der Waals surface area (Å²) in [5.41, 5.74) is 3.09. The maximum Gasteiger partial charge on any atom is 0.270 e. The summed E-state index contributed by atoms with van der Waals surface area (Å²) in [4.78, 5) is 24.4. The highest BCUT2D eigenvalue weighted by Crippen LogP contribution is 2.39. The molecule has 0 aliphatic heterocycles. The zero-order chi connectivity index (χ0) is 27.0. The normalized spacial score (nSPS) is 13.0. The van der Waals surface area contributed by atoms with E-state index >= 15 is 0 Å². The molecular formula is C28H35N9O2. The second kappa shape index (κ2) is 12.5. The van der Waals surface area contributed by atoms with E-state index in [-0.39, 0.29) is 11.6 Å². The molecule has 0 radical (unpaired) electrons. The van der Waals surface area contributed by atoms with Gasteiger partial charge in [-0.1, -0.05) is 49.3 Å². The number of benzene rings is 1. The van der Waals surface area contributed by atoms with Crippen LogP contribution in [0.2, 0.25) is 0 Å². The van der Waals surface area contributed by atoms with Gasteiger partial charge in [0.1, 0.15) is 17.2 Å². The first kappa shape index (κ1) is 26.4. The van der Waals surface area contributed by atoms with Crippen molar-refractivity contribution in [3.63, 3.8) is 0 Å². The molecule has 1 amide bonds. The highest BCUT2D eigenvalue weighted by Gasteiger charge is 2.25. The van der Waals surface area contributed by atoms with Gasteiger partial charge >= 0.3 is 0 Å². The number of nitrogens with zero attached hydrogens (tertiary/aromatic N) is 5. The van der Waals surface area contributed by atoms with E-state index in [2.05, 4.69) is 60.0 Å². The van der Waals surface area contributed by atoms with Crippen LogP contribution in [-0.4, -0.2) is 62.3 Å². The third-order valence-electron chi connectivity index (χ3n) is 6.71. The van der Waals surface area contributed by atoms with Gasteiger partial charge in [-0.15, -0.1) is 0 Å². The van der Waals surface area contributed by atoms with Crippen LogP contribution >= 0.6 is 0 Å². The molecule has 0 spiro atoms. The van der Waals surface area contributed by atoms with E-state index in [0.29, 0.717) is 42.4 Å². The van der Waals surface area contributed by atoms with E-state index in [0.717, 1.165) is 43.0 Å². The lowest BCUT2D eigenvalue weighted by atomic mass is 10.1. The molecule has 1 aliphatic rings. The molecule has 3 aromatic heterocycles. The summed E-state index contributed by atoms with van der Waals surface area (Å²) in [7, 11) is 0. The van der Waals surface area contributed by atoms with Crippen LogP contribution in [0.25, 0.3) is 11.3 Å². The zero-order valence-electron chi connectivity index (χ0n) is 22.4. The Morgan fingerprint density at radius 1 is 1.08 bits per heavy atom. The van der Waals surface area contributed by atoms with Gasteiger partial charge in [0, 0.05) is 41.9 Å². The number of carbonyl (C=O) groups is 1. The van der Waals surface area contributed by atoms with Crippen molar-refractivity contribution in [3.05, 3.63) is 65.7 Å². The average molecular weight is 530 g/mol. The molecule has 11 nitrogen and oxygen atoms in total. The number of carbonyl (C=O) groups excluding carboxylic acids is 1. The summed E-state index contributed by atoms with van der Waals surface area (Å²) in [5.74, 6) is 2.33. The fourth-order valence-corrected chi connectivity index (χ4v) is 4.28. The molecule has 39 heavy (non-hydrogen) atoms. The van der Waals surface area contributed by atoms with Crippen molar-refractivity contribution in [2.24, 2.45) is 0 Å². The van der Waals surface area contributed by atoms with Crippen LogP contribution in [0.15, 0.2) is 53.1 Å². The van der Waals surface area contributed by atoms with Crippen LogP contribution in [0.3, 0.4) is 0 Å². The molecule has 3 heterocycles. The Morgan fingerprint density at radius 2 is 1.90 bits per heavy atom. The Balaban J connectivity index is 1.27. The summed E-state index contributed by atoms with van der Waals surface area (Å²) in [6.07, 6.45) is 3.21. The Hall–Kier alpha value is -4.25. The van der Waals surface area contributed by atoms with Crippen molar-refractivity contribution >= 4 is 23.5 Å². The van der Waals surface area contributed by atoms with Crippen molar-refractivity contribution in [2.45, 2.75) is 45.6 Å². The summed E-state index contributed by atoms with van der Waals surface area (Å²) >= 11 is 0. The van der Waals surface area contributed by atoms with Gasteiger partial charge < -0.3 is 25.4 Å². The maximum absolute atomic E-state index is 13.0. The monoisotopic (exact) mass is 529 g/mol. The fourth-order valence-electron chi connectivity index (χ4n) is 4.28. The SMILES string of the molecule is CCN(CC)CCCNC(=O)c1cc(Nc2cc(C3CC3)[nH]n2)nc(NCc2cc(-c3ccccc3)no2)n1. The topological polar surface area (TPSA) is 137 Å². The quantitative estimate of drug-likeness (QED) is 0.173. The largest absolute Gasteiger partial charge is 0.359 e. The third kappa shape index (κ3) is 7.20. The van der Waals surface area contributed by atoms with Gasteiger partial charge in [0.25, 0.3) is 5.91 Å². The molecule has 1 saturated carbocycles. The summed E-state index contributed by atoms with van der Waals surface area (Å²) < 4.78 is 5.50. The van der Waals surface area contributed by atoms with Crippen LogP contribution in [0.1, 0.15) is 61.0 Å². The number of H-pyrrole nitrogens is 1. The number of amides is 1. The number of aromatic amines is 1.